The maximum Gasteiger partial charge on any atom is 0.202 e. The van der Waals surface area contributed by atoms with E-state index in [0.717, 1.165) is 66.1 Å². The standard InChI is InChI=1S/C15H14O2S.C15H14OS.C14H12O2S.C13H12O2.CH4/c1-10(16)13-5-3-12(4-6-13)9-14-7-8-15(18-14)11(2)17;1-9-3-6-13-11(7-9)4-5-12-8-14(10(2)16)17-15(12)13;1-9-3-8-13(17-9)14(16)12-6-4-11(5-7-12)10(2)15;1-9-3-5-11(6-4-9)13-8-7-12(15-13)10(2)14;/h3-8,16H,1,9H2,2H3;3,6-8H,4-5H2,1-2H3;3-8,15H,2H2,1H3;3-8H,1-2H3;1H4. The number of rotatable bonds is 10. The number of aliphatic hydroxyl groups is 2. The number of ketones is 4. The molecule has 2 N–H and O–H groups in total. The van der Waals surface area contributed by atoms with Crippen LogP contribution >= 0.6 is 34.0 Å². The molecule has 0 aliphatic heterocycles. The normalized spacial score (nSPS) is 10.8. The summed E-state index contributed by atoms with van der Waals surface area (Å²) >= 11 is 4.66. The number of hydrogen-bond acceptors (Lipinski definition) is 10. The second-order valence-electron chi connectivity index (χ2n) is 16.2. The van der Waals surface area contributed by atoms with Crippen molar-refractivity contribution in [1.29, 1.82) is 0 Å². The Hall–Kier alpha value is -6.98. The summed E-state index contributed by atoms with van der Waals surface area (Å²) in [6, 6.07) is 42.2. The molecule has 10 heteroatoms. The van der Waals surface area contributed by atoms with Gasteiger partial charge in [-0.3, -0.25) is 19.2 Å². The summed E-state index contributed by atoms with van der Waals surface area (Å²) < 4.78 is 5.42. The second kappa shape index (κ2) is 23.7. The SMILES string of the molecule is C.C=C(O)c1ccc(C(=O)c2ccc(C)s2)cc1.C=C(O)c1ccc(Cc2ccc(C(C)=O)s2)cc1.CC(=O)c1cc2c(s1)-c1ccc(C)cc1CC2.CC(=O)c1ccc(-c2ccc(C)cc2)o1. The fourth-order valence-electron chi connectivity index (χ4n) is 7.03. The molecule has 0 bridgehead atoms. The number of furan rings is 1. The van der Waals surface area contributed by atoms with Crippen LogP contribution in [0.2, 0.25) is 0 Å². The van der Waals surface area contributed by atoms with Gasteiger partial charge in [0, 0.05) is 50.2 Å². The molecular weight excluding hydrogens is 905 g/mol. The van der Waals surface area contributed by atoms with Gasteiger partial charge in [0.1, 0.15) is 17.3 Å². The Morgan fingerprint density at radius 2 is 1.13 bits per heavy atom. The van der Waals surface area contributed by atoms with Gasteiger partial charge in [-0.15, -0.1) is 34.0 Å². The molecule has 0 radical (unpaired) electrons. The van der Waals surface area contributed by atoms with Gasteiger partial charge in [-0.1, -0.05) is 123 Å². The molecule has 7 nitrogen and oxygen atoms in total. The van der Waals surface area contributed by atoms with Crippen LogP contribution in [0.5, 0.6) is 0 Å². The van der Waals surface area contributed by atoms with Gasteiger partial charge in [0.15, 0.2) is 23.1 Å². The maximum absolute atomic E-state index is 12.1. The first-order valence-electron chi connectivity index (χ1n) is 21.5. The monoisotopic (exact) mass is 960 g/mol. The average molecular weight is 961 g/mol. The molecule has 0 spiro atoms. The molecule has 0 fully saturated rings. The van der Waals surface area contributed by atoms with E-state index in [2.05, 4.69) is 44.3 Å². The fraction of sp³-hybridized carbons (Fsp3) is 0.172. The van der Waals surface area contributed by atoms with Crippen LogP contribution in [0.4, 0.5) is 0 Å². The summed E-state index contributed by atoms with van der Waals surface area (Å²) in [6.45, 7) is 17.8. The van der Waals surface area contributed by atoms with Gasteiger partial charge in [-0.2, -0.15) is 0 Å². The van der Waals surface area contributed by atoms with E-state index in [1.165, 1.54) is 62.3 Å². The predicted octanol–water partition coefficient (Wildman–Crippen LogP) is 16.0. The van der Waals surface area contributed by atoms with Crippen molar-refractivity contribution in [3.8, 4) is 21.8 Å². The van der Waals surface area contributed by atoms with Crippen molar-refractivity contribution in [3.05, 3.63) is 221 Å². The van der Waals surface area contributed by atoms with Gasteiger partial charge in [-0.25, -0.2) is 0 Å². The number of aryl methyl sites for hydroxylation is 5. The Balaban J connectivity index is 0.000000169. The van der Waals surface area contributed by atoms with Crippen LogP contribution in [-0.4, -0.2) is 33.3 Å². The Morgan fingerprint density at radius 3 is 1.68 bits per heavy atom. The van der Waals surface area contributed by atoms with Gasteiger partial charge in [0.2, 0.25) is 5.78 Å². The van der Waals surface area contributed by atoms with Crippen LogP contribution < -0.4 is 0 Å². The van der Waals surface area contributed by atoms with E-state index in [9.17, 15) is 29.4 Å². The Bertz CT molecular complexity index is 3060. The highest BCUT2D eigenvalue weighted by Crippen LogP contribution is 2.40. The van der Waals surface area contributed by atoms with Crippen LogP contribution in [-0.2, 0) is 19.3 Å². The molecule has 348 valence electrons. The first kappa shape index (κ1) is 52.0. The molecule has 4 aromatic carbocycles. The average Bonchev–Trinajstić information content (AvgIpc) is 4.15. The zero-order valence-electron chi connectivity index (χ0n) is 38.4. The van der Waals surface area contributed by atoms with Crippen LogP contribution in [0.15, 0.2) is 151 Å². The topological polar surface area (TPSA) is 122 Å². The molecule has 0 saturated carbocycles. The number of carbonyl (C=O) groups is 4. The van der Waals surface area contributed by atoms with E-state index < -0.39 is 0 Å². The van der Waals surface area contributed by atoms with Crippen molar-refractivity contribution in [2.75, 3.05) is 0 Å². The van der Waals surface area contributed by atoms with Crippen molar-refractivity contribution in [2.24, 2.45) is 0 Å². The third-order valence-corrected chi connectivity index (χ3v) is 14.2. The highest BCUT2D eigenvalue weighted by atomic mass is 32.1. The number of thiophene rings is 3. The second-order valence-corrected chi connectivity index (χ2v) is 19.7. The molecule has 4 aromatic heterocycles. The number of hydrogen-bond donors (Lipinski definition) is 2. The minimum Gasteiger partial charge on any atom is -0.508 e. The molecule has 4 heterocycles. The molecule has 1 aliphatic carbocycles. The Kier molecular flexibility index (Phi) is 18.1. The molecule has 0 amide bonds. The van der Waals surface area contributed by atoms with E-state index in [4.69, 9.17) is 4.42 Å². The number of Topliss-reactive ketones (excluding diaryl/α,β-unsaturated/α-hetero) is 3. The fourth-order valence-corrected chi connectivity index (χ4v) is 9.96. The highest BCUT2D eigenvalue weighted by Gasteiger charge is 2.20. The predicted molar refractivity (Wildman–Crippen MR) is 283 cm³/mol. The summed E-state index contributed by atoms with van der Waals surface area (Å²) in [4.78, 5) is 51.8. The van der Waals surface area contributed by atoms with Crippen LogP contribution in [0.1, 0.15) is 122 Å². The summed E-state index contributed by atoms with van der Waals surface area (Å²) in [5.74, 6) is 1.49. The van der Waals surface area contributed by atoms with Crippen LogP contribution in [0.25, 0.3) is 33.3 Å². The molecule has 0 unspecified atom stereocenters. The molecule has 0 atom stereocenters. The van der Waals surface area contributed by atoms with E-state index in [1.807, 2.05) is 92.7 Å². The summed E-state index contributed by atoms with van der Waals surface area (Å²) in [6.07, 6.45) is 2.96. The number of carbonyl (C=O) groups excluding carboxylic acids is 4. The zero-order chi connectivity index (χ0) is 48.4. The van der Waals surface area contributed by atoms with Gasteiger partial charge >= 0.3 is 0 Å². The van der Waals surface area contributed by atoms with Gasteiger partial charge < -0.3 is 14.6 Å². The molecule has 8 aromatic rings. The summed E-state index contributed by atoms with van der Waals surface area (Å²) in [5.41, 5.74) is 10.7. The molecule has 1 aliphatic rings. The lowest BCUT2D eigenvalue weighted by molar-refractivity contribution is 0.0984. The van der Waals surface area contributed by atoms with Crippen molar-refractivity contribution < 1.29 is 33.8 Å². The number of benzene rings is 4. The zero-order valence-corrected chi connectivity index (χ0v) is 40.8. The van der Waals surface area contributed by atoms with Crippen LogP contribution in [0.3, 0.4) is 0 Å². The maximum atomic E-state index is 12.1. The molecule has 9 rings (SSSR count). The number of fused-ring (bicyclic) bond motifs is 3. The van der Waals surface area contributed by atoms with Gasteiger partial charge in [0.05, 0.1) is 14.6 Å². The lowest BCUT2D eigenvalue weighted by Gasteiger charge is -2.16. The van der Waals surface area contributed by atoms with E-state index in [-0.39, 0.29) is 42.1 Å². The van der Waals surface area contributed by atoms with Crippen molar-refractivity contribution in [3.63, 3.8) is 0 Å². The minimum atomic E-state index is -0.0478. The van der Waals surface area contributed by atoms with Crippen LogP contribution in [0, 0.1) is 20.8 Å². The van der Waals surface area contributed by atoms with Crippen molar-refractivity contribution in [1.82, 2.24) is 0 Å². The minimum absolute atomic E-state index is 0. The highest BCUT2D eigenvalue weighted by molar-refractivity contribution is 7.17. The van der Waals surface area contributed by atoms with E-state index in [0.29, 0.717) is 16.9 Å². The Morgan fingerprint density at radius 1 is 0.559 bits per heavy atom. The van der Waals surface area contributed by atoms with E-state index in [1.54, 1.807) is 55.5 Å². The lowest BCUT2D eigenvalue weighted by Crippen LogP contribution is -2.01. The lowest BCUT2D eigenvalue weighted by atomic mass is 9.90. The largest absolute Gasteiger partial charge is 0.508 e. The summed E-state index contributed by atoms with van der Waals surface area (Å²) in [5, 5.41) is 18.4. The molecular formula is C58H56O7S3. The first-order valence-corrected chi connectivity index (χ1v) is 24.0. The Labute approximate surface area is 411 Å². The smallest absolute Gasteiger partial charge is 0.202 e. The van der Waals surface area contributed by atoms with Gasteiger partial charge in [0.25, 0.3) is 0 Å². The number of aliphatic hydroxyl groups excluding tert-OH is 2. The third-order valence-electron chi connectivity index (χ3n) is 10.7. The van der Waals surface area contributed by atoms with Crippen molar-refractivity contribution in [2.45, 2.75) is 68.2 Å². The summed E-state index contributed by atoms with van der Waals surface area (Å²) in [7, 11) is 0. The molecule has 68 heavy (non-hydrogen) atoms. The third kappa shape index (κ3) is 13.8. The van der Waals surface area contributed by atoms with Crippen molar-refractivity contribution >= 4 is 68.7 Å². The first-order chi connectivity index (χ1) is 31.9. The van der Waals surface area contributed by atoms with Gasteiger partial charge in [-0.05, 0) is 112 Å². The van der Waals surface area contributed by atoms with E-state index >= 15 is 0 Å². The molecule has 0 saturated heterocycles. The quantitative estimate of drug-likeness (QED) is 0.103.